The molecule has 0 atom stereocenters. The molecule has 1 heterocycles. The lowest BCUT2D eigenvalue weighted by atomic mass is 10.1. The minimum absolute atomic E-state index is 0.00323. The molecule has 3 rings (SSSR count). The summed E-state index contributed by atoms with van der Waals surface area (Å²) in [6.45, 7) is 6.74. The van der Waals surface area contributed by atoms with Crippen LogP contribution in [0, 0.1) is 6.92 Å². The molecular formula is C22H22Cl2N2O2S. The van der Waals surface area contributed by atoms with Crippen molar-refractivity contribution < 1.29 is 9.53 Å². The average molecular weight is 449 g/mol. The van der Waals surface area contributed by atoms with Gasteiger partial charge in [0.05, 0.1) is 17.3 Å². The number of thiazole rings is 1. The lowest BCUT2D eigenvalue weighted by molar-refractivity contribution is 0.0688. The summed E-state index contributed by atoms with van der Waals surface area (Å²) in [5, 5.41) is 3.82. The fourth-order valence-electron chi connectivity index (χ4n) is 2.74. The summed E-state index contributed by atoms with van der Waals surface area (Å²) < 4.78 is 5.75. The minimum atomic E-state index is -0.00323. The molecule has 0 aliphatic heterocycles. The predicted octanol–water partition coefficient (Wildman–Crippen LogP) is 6.39. The van der Waals surface area contributed by atoms with Crippen molar-refractivity contribution in [3.8, 4) is 5.75 Å². The first-order chi connectivity index (χ1) is 13.8. The van der Waals surface area contributed by atoms with Gasteiger partial charge in [-0.15, -0.1) is 11.3 Å². The van der Waals surface area contributed by atoms with Crippen LogP contribution in [0.3, 0.4) is 0 Å². The summed E-state index contributed by atoms with van der Waals surface area (Å²) in [6, 6.07) is 12.8. The Bertz CT molecular complexity index is 987. The molecule has 0 aliphatic carbocycles. The van der Waals surface area contributed by atoms with Gasteiger partial charge in [0.25, 0.3) is 5.91 Å². The number of carbonyl (C=O) groups excluding carboxylic acids is 1. The van der Waals surface area contributed by atoms with Crippen molar-refractivity contribution in [2.75, 3.05) is 0 Å². The number of aromatic nitrogens is 1. The van der Waals surface area contributed by atoms with Gasteiger partial charge in [0.2, 0.25) is 0 Å². The molecule has 0 unspecified atom stereocenters. The van der Waals surface area contributed by atoms with Crippen molar-refractivity contribution in [2.45, 2.75) is 40.0 Å². The highest BCUT2D eigenvalue weighted by molar-refractivity contribution is 7.09. The van der Waals surface area contributed by atoms with Gasteiger partial charge in [-0.3, -0.25) is 4.79 Å². The van der Waals surface area contributed by atoms with Crippen LogP contribution in [0.4, 0.5) is 0 Å². The van der Waals surface area contributed by atoms with E-state index in [-0.39, 0.29) is 18.6 Å². The lowest BCUT2D eigenvalue weighted by Gasteiger charge is -2.26. The van der Waals surface area contributed by atoms with Gasteiger partial charge in [0, 0.05) is 28.1 Å². The van der Waals surface area contributed by atoms with E-state index in [1.54, 1.807) is 18.2 Å². The zero-order valence-electron chi connectivity index (χ0n) is 16.5. The molecular weight excluding hydrogens is 427 g/mol. The highest BCUT2D eigenvalue weighted by Crippen LogP contribution is 2.28. The van der Waals surface area contributed by atoms with Crippen molar-refractivity contribution in [2.24, 2.45) is 0 Å². The molecule has 1 amide bonds. The van der Waals surface area contributed by atoms with Crippen LogP contribution in [0.25, 0.3) is 0 Å². The number of nitrogens with zero attached hydrogens (tertiary/aromatic N) is 2. The Hall–Kier alpha value is -2.08. The average Bonchev–Trinajstić information content (AvgIpc) is 3.14. The Morgan fingerprint density at radius 2 is 1.90 bits per heavy atom. The van der Waals surface area contributed by atoms with Crippen molar-refractivity contribution in [1.29, 1.82) is 0 Å². The number of carbonyl (C=O) groups is 1. The third-order valence-electron chi connectivity index (χ3n) is 4.36. The summed E-state index contributed by atoms with van der Waals surface area (Å²) in [4.78, 5) is 19.4. The molecule has 0 N–H and O–H groups in total. The molecule has 29 heavy (non-hydrogen) atoms. The number of halogens is 2. The second-order valence-electron chi connectivity index (χ2n) is 6.99. The zero-order valence-corrected chi connectivity index (χ0v) is 18.8. The van der Waals surface area contributed by atoms with Crippen LogP contribution < -0.4 is 4.74 Å². The van der Waals surface area contributed by atoms with Gasteiger partial charge in [-0.25, -0.2) is 4.98 Å². The summed E-state index contributed by atoms with van der Waals surface area (Å²) in [5.74, 6) is 0.519. The maximum Gasteiger partial charge on any atom is 0.254 e. The van der Waals surface area contributed by atoms with Gasteiger partial charge in [-0.05, 0) is 45.0 Å². The van der Waals surface area contributed by atoms with E-state index in [9.17, 15) is 4.79 Å². The van der Waals surface area contributed by atoms with Crippen LogP contribution in [0.15, 0.2) is 47.8 Å². The first-order valence-electron chi connectivity index (χ1n) is 9.22. The number of amides is 1. The number of rotatable bonds is 7. The molecule has 7 heteroatoms. The maximum atomic E-state index is 12.9. The predicted molar refractivity (Wildman–Crippen MR) is 119 cm³/mol. The van der Waals surface area contributed by atoms with Crippen molar-refractivity contribution in [1.82, 2.24) is 9.88 Å². The number of aryl methyl sites for hydroxylation is 1. The van der Waals surface area contributed by atoms with E-state index < -0.39 is 0 Å². The standard InChI is InChI=1S/C22H22Cl2N2O2S/c1-14(2)26(22(27)16-6-4-15(3)5-7-16)11-18-13-29-21(25-18)12-28-20-10-17(23)8-9-19(20)24/h4-10,13-14H,11-12H2,1-3H3. The molecule has 0 radical (unpaired) electrons. The van der Waals surface area contributed by atoms with Crippen molar-refractivity contribution in [3.05, 3.63) is 79.7 Å². The summed E-state index contributed by atoms with van der Waals surface area (Å²) in [6.07, 6.45) is 0. The van der Waals surface area contributed by atoms with Crippen LogP contribution >= 0.6 is 34.5 Å². The summed E-state index contributed by atoms with van der Waals surface area (Å²) in [5.41, 5.74) is 2.64. The topological polar surface area (TPSA) is 42.4 Å². The Kier molecular flexibility index (Phi) is 7.17. The van der Waals surface area contributed by atoms with Gasteiger partial charge in [-0.1, -0.05) is 40.9 Å². The molecule has 0 spiro atoms. The molecule has 0 saturated heterocycles. The third-order valence-corrected chi connectivity index (χ3v) is 5.78. The van der Waals surface area contributed by atoms with Crippen molar-refractivity contribution >= 4 is 40.4 Å². The van der Waals surface area contributed by atoms with E-state index >= 15 is 0 Å². The largest absolute Gasteiger partial charge is 0.485 e. The van der Waals surface area contributed by atoms with E-state index in [1.807, 2.05) is 55.3 Å². The molecule has 0 bridgehead atoms. The number of hydrogen-bond donors (Lipinski definition) is 0. The second-order valence-corrected chi connectivity index (χ2v) is 8.78. The Morgan fingerprint density at radius 3 is 2.59 bits per heavy atom. The highest BCUT2D eigenvalue weighted by Gasteiger charge is 2.20. The van der Waals surface area contributed by atoms with Gasteiger partial charge in [0.1, 0.15) is 17.4 Å². The smallest absolute Gasteiger partial charge is 0.254 e. The molecule has 2 aromatic carbocycles. The van der Waals surface area contributed by atoms with Gasteiger partial charge < -0.3 is 9.64 Å². The Balaban J connectivity index is 1.67. The normalized spacial score (nSPS) is 11.0. The SMILES string of the molecule is Cc1ccc(C(=O)N(Cc2csc(COc3cc(Cl)ccc3Cl)n2)C(C)C)cc1. The Labute approximate surface area is 185 Å². The van der Waals surface area contributed by atoms with Crippen molar-refractivity contribution in [3.63, 3.8) is 0 Å². The molecule has 152 valence electrons. The fourth-order valence-corrected chi connectivity index (χ4v) is 3.77. The van der Waals surface area contributed by atoms with Crippen LogP contribution in [0.2, 0.25) is 10.0 Å². The highest BCUT2D eigenvalue weighted by atomic mass is 35.5. The molecule has 0 saturated carbocycles. The monoisotopic (exact) mass is 448 g/mol. The maximum absolute atomic E-state index is 12.9. The van der Waals surface area contributed by atoms with Crippen LogP contribution in [-0.4, -0.2) is 21.8 Å². The number of hydrogen-bond acceptors (Lipinski definition) is 4. The number of ether oxygens (including phenoxy) is 1. The summed E-state index contributed by atoms with van der Waals surface area (Å²) >= 11 is 13.6. The van der Waals surface area contributed by atoms with Gasteiger partial charge in [0.15, 0.2) is 0 Å². The van der Waals surface area contributed by atoms with Gasteiger partial charge in [-0.2, -0.15) is 0 Å². The lowest BCUT2D eigenvalue weighted by Crippen LogP contribution is -2.36. The molecule has 0 aliphatic rings. The first kappa shape index (κ1) is 21.6. The second kappa shape index (κ2) is 9.61. The molecule has 4 nitrogen and oxygen atoms in total. The van der Waals surface area contributed by atoms with Crippen LogP contribution in [-0.2, 0) is 13.2 Å². The number of benzene rings is 2. The first-order valence-corrected chi connectivity index (χ1v) is 10.9. The van der Waals surface area contributed by atoms with Crippen LogP contribution in [0.5, 0.6) is 5.75 Å². The van der Waals surface area contributed by atoms with E-state index in [1.165, 1.54) is 11.3 Å². The fraction of sp³-hybridized carbons (Fsp3) is 0.273. The third kappa shape index (κ3) is 5.72. The van der Waals surface area contributed by atoms with E-state index in [4.69, 9.17) is 27.9 Å². The zero-order chi connectivity index (χ0) is 21.0. The van der Waals surface area contributed by atoms with Crippen LogP contribution in [0.1, 0.15) is 40.5 Å². The van der Waals surface area contributed by atoms with E-state index in [0.717, 1.165) is 16.3 Å². The molecule has 1 aromatic heterocycles. The van der Waals surface area contributed by atoms with E-state index in [2.05, 4.69) is 4.98 Å². The Morgan fingerprint density at radius 1 is 1.17 bits per heavy atom. The van der Waals surface area contributed by atoms with E-state index in [0.29, 0.717) is 27.9 Å². The molecule has 3 aromatic rings. The quantitative estimate of drug-likeness (QED) is 0.420. The molecule has 0 fully saturated rings. The minimum Gasteiger partial charge on any atom is -0.485 e. The summed E-state index contributed by atoms with van der Waals surface area (Å²) in [7, 11) is 0. The van der Waals surface area contributed by atoms with Gasteiger partial charge >= 0.3 is 0 Å².